The zero-order valence-electron chi connectivity index (χ0n) is 12.2. The topological polar surface area (TPSA) is 97.4 Å². The standard InChI is InChI=1S/C14H15NO5S3/c1-2-22(17,18)12-7-5-11(6-8-12)10-13(16)15-23(19,20)14-4-3-9-21-14/h3-9H,2,10H2,1H3,(H,15,16). The van der Waals surface area contributed by atoms with Gasteiger partial charge in [-0.2, -0.15) is 0 Å². The molecule has 0 aliphatic heterocycles. The predicted molar refractivity (Wildman–Crippen MR) is 87.5 cm³/mol. The van der Waals surface area contributed by atoms with Gasteiger partial charge in [-0.15, -0.1) is 11.3 Å². The van der Waals surface area contributed by atoms with E-state index in [1.807, 2.05) is 4.72 Å². The molecule has 1 aromatic carbocycles. The van der Waals surface area contributed by atoms with Crippen LogP contribution in [0.25, 0.3) is 0 Å². The summed E-state index contributed by atoms with van der Waals surface area (Å²) in [6.45, 7) is 1.55. The van der Waals surface area contributed by atoms with Crippen molar-refractivity contribution in [1.29, 1.82) is 0 Å². The van der Waals surface area contributed by atoms with Gasteiger partial charge in [0.15, 0.2) is 9.84 Å². The number of sulfonamides is 1. The molecule has 0 saturated carbocycles. The first-order chi connectivity index (χ1) is 10.7. The highest BCUT2D eigenvalue weighted by molar-refractivity contribution is 7.92. The third-order valence-corrected chi connectivity index (χ3v) is 7.56. The molecule has 1 aromatic heterocycles. The molecular formula is C14H15NO5S3. The van der Waals surface area contributed by atoms with E-state index >= 15 is 0 Å². The Morgan fingerprint density at radius 1 is 1.09 bits per heavy atom. The Hall–Kier alpha value is -1.71. The maximum Gasteiger partial charge on any atom is 0.273 e. The van der Waals surface area contributed by atoms with E-state index in [0.29, 0.717) is 5.56 Å². The van der Waals surface area contributed by atoms with Crippen LogP contribution in [0.5, 0.6) is 0 Å². The second-order valence-corrected chi connectivity index (χ2v) is 9.82. The average Bonchev–Trinajstić information content (AvgIpc) is 3.02. The normalized spacial score (nSPS) is 12.0. The number of hydrogen-bond donors (Lipinski definition) is 1. The van der Waals surface area contributed by atoms with Gasteiger partial charge in [-0.25, -0.2) is 21.6 Å². The van der Waals surface area contributed by atoms with E-state index in [4.69, 9.17) is 0 Å². The van der Waals surface area contributed by atoms with Crippen LogP contribution in [0.1, 0.15) is 12.5 Å². The van der Waals surface area contributed by atoms with Crippen LogP contribution in [0.4, 0.5) is 0 Å². The molecule has 0 radical (unpaired) electrons. The van der Waals surface area contributed by atoms with E-state index in [0.717, 1.165) is 11.3 Å². The number of hydrogen-bond acceptors (Lipinski definition) is 6. The second-order valence-electron chi connectivity index (χ2n) is 4.68. The summed E-state index contributed by atoms with van der Waals surface area (Å²) in [4.78, 5) is 12.0. The van der Waals surface area contributed by atoms with Crippen LogP contribution in [0.2, 0.25) is 0 Å². The number of carbonyl (C=O) groups is 1. The first-order valence-corrected chi connectivity index (χ1v) is 10.7. The molecule has 1 heterocycles. The van der Waals surface area contributed by atoms with Gasteiger partial charge >= 0.3 is 0 Å². The molecule has 0 bridgehead atoms. The van der Waals surface area contributed by atoms with Gasteiger partial charge in [0.25, 0.3) is 10.0 Å². The number of nitrogens with one attached hydrogen (secondary N) is 1. The summed E-state index contributed by atoms with van der Waals surface area (Å²) in [5.41, 5.74) is 0.527. The number of rotatable bonds is 6. The van der Waals surface area contributed by atoms with Gasteiger partial charge in [-0.05, 0) is 29.1 Å². The van der Waals surface area contributed by atoms with Crippen molar-refractivity contribution in [3.05, 3.63) is 47.3 Å². The smallest absolute Gasteiger partial charge is 0.273 e. The molecule has 0 spiro atoms. The molecule has 0 aliphatic carbocycles. The monoisotopic (exact) mass is 373 g/mol. The van der Waals surface area contributed by atoms with Crippen molar-refractivity contribution in [3.8, 4) is 0 Å². The Kier molecular flexibility index (Phi) is 5.23. The Morgan fingerprint density at radius 3 is 2.26 bits per heavy atom. The van der Waals surface area contributed by atoms with Crippen LogP contribution in [0.3, 0.4) is 0 Å². The first kappa shape index (κ1) is 17.6. The van der Waals surface area contributed by atoms with E-state index in [1.165, 1.54) is 30.3 Å². The summed E-state index contributed by atoms with van der Waals surface area (Å²) in [5.74, 6) is -0.684. The zero-order valence-corrected chi connectivity index (χ0v) is 14.7. The molecule has 0 fully saturated rings. The zero-order chi connectivity index (χ0) is 17.1. The lowest BCUT2D eigenvalue weighted by Gasteiger charge is -2.06. The van der Waals surface area contributed by atoms with Crippen LogP contribution in [-0.2, 0) is 31.1 Å². The Bertz CT molecular complexity index is 882. The Labute approximate surface area is 139 Å². The molecule has 1 amide bonds. The molecule has 1 N–H and O–H groups in total. The summed E-state index contributed by atoms with van der Waals surface area (Å²) in [6, 6.07) is 8.81. The first-order valence-electron chi connectivity index (χ1n) is 6.65. The van der Waals surface area contributed by atoms with Crippen LogP contribution in [-0.4, -0.2) is 28.5 Å². The van der Waals surface area contributed by atoms with Gasteiger partial charge in [0.05, 0.1) is 17.1 Å². The molecule has 124 valence electrons. The predicted octanol–water partition coefficient (Wildman–Crippen LogP) is 1.59. The third kappa shape index (κ3) is 4.40. The maximum atomic E-state index is 11.9. The Balaban J connectivity index is 2.07. The average molecular weight is 373 g/mol. The third-order valence-electron chi connectivity index (χ3n) is 3.04. The van der Waals surface area contributed by atoms with Gasteiger partial charge in [-0.3, -0.25) is 4.79 Å². The minimum absolute atomic E-state index is 0.00805. The molecule has 0 saturated heterocycles. The minimum atomic E-state index is -3.85. The molecule has 23 heavy (non-hydrogen) atoms. The van der Waals surface area contributed by atoms with Crippen LogP contribution < -0.4 is 4.72 Å². The molecule has 9 heteroatoms. The number of carbonyl (C=O) groups excluding carboxylic acids is 1. The van der Waals surface area contributed by atoms with Crippen molar-refractivity contribution in [2.75, 3.05) is 5.75 Å². The lowest BCUT2D eigenvalue weighted by molar-refractivity contribution is -0.118. The number of amides is 1. The van der Waals surface area contributed by atoms with E-state index < -0.39 is 25.8 Å². The highest BCUT2D eigenvalue weighted by Crippen LogP contribution is 2.16. The summed E-state index contributed by atoms with van der Waals surface area (Å²) in [5, 5.41) is 1.60. The largest absolute Gasteiger partial charge is 0.274 e. The summed E-state index contributed by atoms with van der Waals surface area (Å²) >= 11 is 1.02. The molecule has 6 nitrogen and oxygen atoms in total. The molecule has 0 unspecified atom stereocenters. The van der Waals surface area contributed by atoms with Crippen molar-refractivity contribution < 1.29 is 21.6 Å². The quantitative estimate of drug-likeness (QED) is 0.829. The fraction of sp³-hybridized carbons (Fsp3) is 0.214. The van der Waals surface area contributed by atoms with Crippen molar-refractivity contribution in [3.63, 3.8) is 0 Å². The van der Waals surface area contributed by atoms with Crippen LogP contribution >= 0.6 is 11.3 Å². The summed E-state index contributed by atoms with van der Waals surface area (Å²) in [6.07, 6.45) is -0.156. The molecule has 0 aliphatic rings. The van der Waals surface area contributed by atoms with Gasteiger partial charge < -0.3 is 0 Å². The number of sulfone groups is 1. The van der Waals surface area contributed by atoms with Crippen LogP contribution in [0, 0.1) is 0 Å². The van der Waals surface area contributed by atoms with E-state index in [9.17, 15) is 21.6 Å². The second kappa shape index (κ2) is 6.81. The number of benzene rings is 1. The van der Waals surface area contributed by atoms with Gasteiger partial charge in [0.2, 0.25) is 5.91 Å². The van der Waals surface area contributed by atoms with Crippen molar-refractivity contribution >= 4 is 37.1 Å². The molecule has 2 rings (SSSR count). The summed E-state index contributed by atoms with van der Waals surface area (Å²) in [7, 11) is -7.15. The van der Waals surface area contributed by atoms with E-state index in [-0.39, 0.29) is 21.3 Å². The highest BCUT2D eigenvalue weighted by Gasteiger charge is 2.19. The van der Waals surface area contributed by atoms with Crippen molar-refractivity contribution in [2.24, 2.45) is 0 Å². The molecular weight excluding hydrogens is 358 g/mol. The maximum absolute atomic E-state index is 11.9. The van der Waals surface area contributed by atoms with E-state index in [2.05, 4.69) is 0 Å². The lowest BCUT2D eigenvalue weighted by Crippen LogP contribution is -2.31. The fourth-order valence-electron chi connectivity index (χ4n) is 1.82. The van der Waals surface area contributed by atoms with Crippen molar-refractivity contribution in [2.45, 2.75) is 22.4 Å². The number of thiophene rings is 1. The lowest BCUT2D eigenvalue weighted by atomic mass is 10.1. The van der Waals surface area contributed by atoms with Gasteiger partial charge in [-0.1, -0.05) is 25.1 Å². The summed E-state index contributed by atoms with van der Waals surface area (Å²) < 4.78 is 49.3. The van der Waals surface area contributed by atoms with Gasteiger partial charge in [0, 0.05) is 0 Å². The minimum Gasteiger partial charge on any atom is -0.274 e. The van der Waals surface area contributed by atoms with E-state index in [1.54, 1.807) is 18.4 Å². The highest BCUT2D eigenvalue weighted by atomic mass is 32.2. The Morgan fingerprint density at radius 2 is 1.74 bits per heavy atom. The molecule has 0 atom stereocenters. The van der Waals surface area contributed by atoms with Gasteiger partial charge in [0.1, 0.15) is 4.21 Å². The molecule has 2 aromatic rings. The van der Waals surface area contributed by atoms with Crippen LogP contribution in [0.15, 0.2) is 50.9 Å². The SMILES string of the molecule is CCS(=O)(=O)c1ccc(CC(=O)NS(=O)(=O)c2cccs2)cc1. The van der Waals surface area contributed by atoms with Crippen molar-refractivity contribution in [1.82, 2.24) is 4.72 Å². The fourth-order valence-corrected chi connectivity index (χ4v) is 4.68.